The fourth-order valence-electron chi connectivity index (χ4n) is 2.96. The van der Waals surface area contributed by atoms with Crippen LogP contribution in [0.15, 0.2) is 17.4 Å². The van der Waals surface area contributed by atoms with Crippen molar-refractivity contribution in [1.82, 2.24) is 20.4 Å². The third-order valence-corrected chi connectivity index (χ3v) is 4.22. The third-order valence-electron chi connectivity index (χ3n) is 4.22. The van der Waals surface area contributed by atoms with Crippen LogP contribution in [0.1, 0.15) is 51.0 Å². The number of rotatable bonds is 9. The summed E-state index contributed by atoms with van der Waals surface area (Å²) in [7, 11) is 0. The summed E-state index contributed by atoms with van der Waals surface area (Å²) in [5.41, 5.74) is 1.19. The van der Waals surface area contributed by atoms with E-state index in [4.69, 9.17) is 4.74 Å². The Morgan fingerprint density at radius 2 is 2.17 bits per heavy atom. The van der Waals surface area contributed by atoms with Crippen LogP contribution < -0.4 is 10.6 Å². The zero-order valence-corrected chi connectivity index (χ0v) is 15.3. The van der Waals surface area contributed by atoms with Crippen LogP contribution in [0.5, 0.6) is 0 Å². The molecule has 0 spiro atoms. The molecule has 1 aliphatic carbocycles. The smallest absolute Gasteiger partial charge is 0.191 e. The maximum Gasteiger partial charge on any atom is 0.191 e. The molecule has 0 saturated heterocycles. The zero-order chi connectivity index (χ0) is 17.0. The number of hydrogen-bond donors (Lipinski definition) is 2. The van der Waals surface area contributed by atoms with E-state index in [2.05, 4.69) is 34.6 Å². The Morgan fingerprint density at radius 3 is 2.88 bits per heavy atom. The Bertz CT molecular complexity index is 480. The second kappa shape index (κ2) is 11.1. The molecule has 0 atom stereocenters. The van der Waals surface area contributed by atoms with Crippen molar-refractivity contribution < 1.29 is 4.74 Å². The van der Waals surface area contributed by atoms with E-state index in [-0.39, 0.29) is 0 Å². The molecule has 136 valence electrons. The first-order valence-electron chi connectivity index (χ1n) is 9.40. The molecule has 1 aromatic heterocycles. The second-order valence-electron chi connectivity index (χ2n) is 6.45. The van der Waals surface area contributed by atoms with Crippen LogP contribution in [-0.2, 0) is 11.3 Å². The van der Waals surface area contributed by atoms with Crippen molar-refractivity contribution in [3.8, 4) is 0 Å². The predicted molar refractivity (Wildman–Crippen MR) is 98.4 cm³/mol. The monoisotopic (exact) mass is 335 g/mol. The third kappa shape index (κ3) is 7.34. The Labute approximate surface area is 146 Å². The SMILES string of the molecule is CCNC(=NCCCOC1CCCCC1)NCCn1cc(C)cn1. The van der Waals surface area contributed by atoms with Crippen molar-refractivity contribution in [1.29, 1.82) is 0 Å². The van der Waals surface area contributed by atoms with Gasteiger partial charge in [-0.1, -0.05) is 19.3 Å². The molecule has 1 heterocycles. The molecule has 1 saturated carbocycles. The first kappa shape index (κ1) is 18.8. The molecule has 0 bridgehead atoms. The summed E-state index contributed by atoms with van der Waals surface area (Å²) in [4.78, 5) is 4.62. The minimum absolute atomic E-state index is 0.492. The van der Waals surface area contributed by atoms with E-state index in [0.717, 1.165) is 45.2 Å². The Balaban J connectivity index is 1.60. The van der Waals surface area contributed by atoms with E-state index < -0.39 is 0 Å². The summed E-state index contributed by atoms with van der Waals surface area (Å²) in [5.74, 6) is 0.874. The minimum atomic E-state index is 0.492. The van der Waals surface area contributed by atoms with Gasteiger partial charge in [-0.3, -0.25) is 9.67 Å². The average molecular weight is 335 g/mol. The molecule has 6 nitrogen and oxygen atoms in total. The van der Waals surface area contributed by atoms with Gasteiger partial charge >= 0.3 is 0 Å². The van der Waals surface area contributed by atoms with Gasteiger partial charge in [-0.2, -0.15) is 5.10 Å². The quantitative estimate of drug-likeness (QED) is 0.413. The van der Waals surface area contributed by atoms with Gasteiger partial charge in [0.1, 0.15) is 0 Å². The van der Waals surface area contributed by atoms with E-state index in [0.29, 0.717) is 6.10 Å². The lowest BCUT2D eigenvalue weighted by Gasteiger charge is -2.21. The van der Waals surface area contributed by atoms with Gasteiger partial charge in [0.15, 0.2) is 5.96 Å². The zero-order valence-electron chi connectivity index (χ0n) is 15.3. The van der Waals surface area contributed by atoms with Gasteiger partial charge in [-0.05, 0) is 38.7 Å². The lowest BCUT2D eigenvalue weighted by atomic mass is 9.98. The van der Waals surface area contributed by atoms with Gasteiger partial charge < -0.3 is 15.4 Å². The molecule has 0 radical (unpaired) electrons. The maximum absolute atomic E-state index is 5.94. The van der Waals surface area contributed by atoms with Crippen LogP contribution in [0.25, 0.3) is 0 Å². The van der Waals surface area contributed by atoms with Crippen LogP contribution in [0.2, 0.25) is 0 Å². The average Bonchev–Trinajstić information content (AvgIpc) is 3.01. The maximum atomic E-state index is 5.94. The van der Waals surface area contributed by atoms with Gasteiger partial charge in [0, 0.05) is 32.4 Å². The molecule has 1 aliphatic rings. The Morgan fingerprint density at radius 1 is 1.33 bits per heavy atom. The van der Waals surface area contributed by atoms with Crippen molar-refractivity contribution in [2.24, 2.45) is 4.99 Å². The highest BCUT2D eigenvalue weighted by molar-refractivity contribution is 5.79. The van der Waals surface area contributed by atoms with Crippen LogP contribution in [0.4, 0.5) is 0 Å². The number of nitrogens with one attached hydrogen (secondary N) is 2. The number of ether oxygens (including phenoxy) is 1. The molecular weight excluding hydrogens is 302 g/mol. The van der Waals surface area contributed by atoms with E-state index in [1.54, 1.807) is 0 Å². The van der Waals surface area contributed by atoms with E-state index in [1.807, 2.05) is 17.1 Å². The Kier molecular flexibility index (Phi) is 8.66. The first-order valence-corrected chi connectivity index (χ1v) is 9.40. The topological polar surface area (TPSA) is 63.5 Å². The second-order valence-corrected chi connectivity index (χ2v) is 6.45. The highest BCUT2D eigenvalue weighted by Crippen LogP contribution is 2.20. The van der Waals surface area contributed by atoms with Crippen LogP contribution in [0, 0.1) is 6.92 Å². The summed E-state index contributed by atoms with van der Waals surface area (Å²) in [6.45, 7) is 8.26. The summed E-state index contributed by atoms with van der Waals surface area (Å²) in [5, 5.41) is 10.9. The fourth-order valence-corrected chi connectivity index (χ4v) is 2.96. The fraction of sp³-hybridized carbons (Fsp3) is 0.778. The largest absolute Gasteiger partial charge is 0.378 e. The number of aryl methyl sites for hydroxylation is 1. The summed E-state index contributed by atoms with van der Waals surface area (Å²) in [6, 6.07) is 0. The number of aliphatic imine (C=N–C) groups is 1. The van der Waals surface area contributed by atoms with Crippen LogP contribution in [-0.4, -0.2) is 48.1 Å². The van der Waals surface area contributed by atoms with Gasteiger partial charge in [0.05, 0.1) is 18.8 Å². The molecule has 0 unspecified atom stereocenters. The van der Waals surface area contributed by atoms with Crippen molar-refractivity contribution in [3.05, 3.63) is 18.0 Å². The minimum Gasteiger partial charge on any atom is -0.378 e. The summed E-state index contributed by atoms with van der Waals surface area (Å²) in [6.07, 6.45) is 11.9. The molecule has 0 aliphatic heterocycles. The van der Waals surface area contributed by atoms with Gasteiger partial charge in [0.2, 0.25) is 0 Å². The highest BCUT2D eigenvalue weighted by Gasteiger charge is 2.12. The number of hydrogen-bond acceptors (Lipinski definition) is 3. The summed E-state index contributed by atoms with van der Waals surface area (Å²) >= 11 is 0. The van der Waals surface area contributed by atoms with Crippen LogP contribution in [0.3, 0.4) is 0 Å². The number of aromatic nitrogens is 2. The lowest BCUT2D eigenvalue weighted by molar-refractivity contribution is 0.0281. The number of guanidine groups is 1. The molecule has 1 fully saturated rings. The van der Waals surface area contributed by atoms with Gasteiger partial charge in [-0.25, -0.2) is 0 Å². The van der Waals surface area contributed by atoms with Crippen molar-refractivity contribution in [2.45, 2.75) is 65.0 Å². The lowest BCUT2D eigenvalue weighted by Crippen LogP contribution is -2.39. The molecule has 1 aromatic rings. The molecule has 2 N–H and O–H groups in total. The highest BCUT2D eigenvalue weighted by atomic mass is 16.5. The normalized spacial score (nSPS) is 16.3. The van der Waals surface area contributed by atoms with Gasteiger partial charge in [-0.15, -0.1) is 0 Å². The van der Waals surface area contributed by atoms with E-state index >= 15 is 0 Å². The molecule has 6 heteroatoms. The molecule has 24 heavy (non-hydrogen) atoms. The van der Waals surface area contributed by atoms with Gasteiger partial charge in [0.25, 0.3) is 0 Å². The standard InChI is InChI=1S/C18H33N5O/c1-3-19-18(21-11-12-23-15-16(2)14-22-23)20-10-7-13-24-17-8-5-4-6-9-17/h14-15,17H,3-13H2,1-2H3,(H2,19,20,21). The van der Waals surface area contributed by atoms with Crippen molar-refractivity contribution in [2.75, 3.05) is 26.2 Å². The van der Waals surface area contributed by atoms with Crippen molar-refractivity contribution in [3.63, 3.8) is 0 Å². The summed E-state index contributed by atoms with van der Waals surface area (Å²) < 4.78 is 7.89. The molecule has 0 aromatic carbocycles. The predicted octanol–water partition coefficient (Wildman–Crippen LogP) is 2.49. The van der Waals surface area contributed by atoms with Crippen molar-refractivity contribution >= 4 is 5.96 Å². The Hall–Kier alpha value is -1.56. The molecule has 2 rings (SSSR count). The molecule has 0 amide bonds. The van der Waals surface area contributed by atoms with E-state index in [9.17, 15) is 0 Å². The molecular formula is C18H33N5O. The van der Waals surface area contributed by atoms with Crippen LogP contribution >= 0.6 is 0 Å². The number of nitrogens with zero attached hydrogens (tertiary/aromatic N) is 3. The first-order chi connectivity index (χ1) is 11.8. The van der Waals surface area contributed by atoms with E-state index in [1.165, 1.54) is 37.7 Å².